The molecule has 1 fully saturated rings. The van der Waals surface area contributed by atoms with Gasteiger partial charge in [0.1, 0.15) is 23.9 Å². The van der Waals surface area contributed by atoms with Gasteiger partial charge in [0.15, 0.2) is 0 Å². The summed E-state index contributed by atoms with van der Waals surface area (Å²) in [6, 6.07) is 13.9. The van der Waals surface area contributed by atoms with E-state index in [1.54, 1.807) is 39.0 Å². The first-order valence-electron chi connectivity index (χ1n) is 14.4. The Morgan fingerprint density at radius 2 is 1.70 bits per heavy atom. The van der Waals surface area contributed by atoms with Gasteiger partial charge in [-0.2, -0.15) is 0 Å². The standard InChI is InChI=1S/C32H38FN3O7/c1-32(2,3)43-31(41)36-25(18-33)20-9-11-21(12-10-20)28(37)35-24(15-19-7-5-4-6-8-19)29(38)34-23-13-14-26-22(16-23)17-27(42-26)30(39)40/h4-8,13-14,16-17,20-21,24-25H,9-12,15,18H2,1-3H3,(H,34,38)(H,35,37)(H,36,41)(H,39,40)/t20?,21?,24-,25+/m0/s1. The Morgan fingerprint density at radius 1 is 1.00 bits per heavy atom. The van der Waals surface area contributed by atoms with Gasteiger partial charge >= 0.3 is 12.1 Å². The number of nitrogens with one attached hydrogen (secondary N) is 3. The van der Waals surface area contributed by atoms with Gasteiger partial charge in [-0.15, -0.1) is 0 Å². The lowest BCUT2D eigenvalue weighted by Gasteiger charge is -2.33. The van der Waals surface area contributed by atoms with E-state index in [0.29, 0.717) is 42.3 Å². The van der Waals surface area contributed by atoms with Crippen molar-refractivity contribution < 1.29 is 37.8 Å². The predicted octanol–water partition coefficient (Wildman–Crippen LogP) is 5.47. The second-order valence-electron chi connectivity index (χ2n) is 11.9. The van der Waals surface area contributed by atoms with Crippen LogP contribution in [0.2, 0.25) is 0 Å². The summed E-state index contributed by atoms with van der Waals surface area (Å²) in [6.07, 6.45) is 1.66. The molecule has 11 heteroatoms. The summed E-state index contributed by atoms with van der Waals surface area (Å²) < 4.78 is 24.4. The SMILES string of the molecule is CC(C)(C)OC(=O)N[C@H](CF)C1CCC(C(=O)N[C@@H](Cc2ccccc2)C(=O)Nc2ccc3oc(C(=O)O)cc3c2)CC1. The monoisotopic (exact) mass is 595 g/mol. The number of halogens is 1. The normalized spacial score (nSPS) is 18.3. The molecule has 4 N–H and O–H groups in total. The Kier molecular flexibility index (Phi) is 10.1. The molecule has 0 radical (unpaired) electrons. The Hall–Kier alpha value is -4.41. The Morgan fingerprint density at radius 3 is 2.33 bits per heavy atom. The highest BCUT2D eigenvalue weighted by atomic mass is 19.1. The van der Waals surface area contributed by atoms with Crippen LogP contribution in [-0.2, 0) is 20.7 Å². The first-order chi connectivity index (χ1) is 20.4. The zero-order chi connectivity index (χ0) is 31.1. The Bertz CT molecular complexity index is 1440. The van der Waals surface area contributed by atoms with Crippen LogP contribution < -0.4 is 16.0 Å². The molecule has 3 amide bonds. The first kappa shape index (κ1) is 31.5. The van der Waals surface area contributed by atoms with Crippen LogP contribution in [0.15, 0.2) is 59.0 Å². The number of anilines is 1. The number of fused-ring (bicyclic) bond motifs is 1. The number of carboxylic acid groups (broad SMARTS) is 1. The van der Waals surface area contributed by atoms with Gasteiger partial charge in [0.25, 0.3) is 0 Å². The van der Waals surface area contributed by atoms with Crippen LogP contribution >= 0.6 is 0 Å². The fraction of sp³-hybridized carbons (Fsp3) is 0.438. The number of furan rings is 1. The molecule has 43 heavy (non-hydrogen) atoms. The molecule has 2 atom stereocenters. The molecule has 2 aromatic carbocycles. The van der Waals surface area contributed by atoms with Crippen LogP contribution in [-0.4, -0.2) is 53.3 Å². The van der Waals surface area contributed by atoms with Crippen molar-refractivity contribution in [3.05, 3.63) is 65.9 Å². The summed E-state index contributed by atoms with van der Waals surface area (Å²) in [5.74, 6) is -2.58. The van der Waals surface area contributed by atoms with Crippen molar-refractivity contribution in [2.24, 2.45) is 11.8 Å². The van der Waals surface area contributed by atoms with Crippen molar-refractivity contribution >= 4 is 40.5 Å². The lowest BCUT2D eigenvalue weighted by molar-refractivity contribution is -0.130. The molecule has 1 aliphatic rings. The molecule has 1 heterocycles. The predicted molar refractivity (Wildman–Crippen MR) is 158 cm³/mol. The highest BCUT2D eigenvalue weighted by Crippen LogP contribution is 2.32. The lowest BCUT2D eigenvalue weighted by Crippen LogP contribution is -2.49. The maximum atomic E-state index is 13.8. The minimum absolute atomic E-state index is 0.135. The first-order valence-corrected chi connectivity index (χ1v) is 14.4. The molecular formula is C32H38FN3O7. The highest BCUT2D eigenvalue weighted by molar-refractivity contribution is 5.99. The van der Waals surface area contributed by atoms with Crippen LogP contribution in [0.3, 0.4) is 0 Å². The van der Waals surface area contributed by atoms with Crippen molar-refractivity contribution in [3.63, 3.8) is 0 Å². The van der Waals surface area contributed by atoms with E-state index in [-0.39, 0.29) is 29.9 Å². The van der Waals surface area contributed by atoms with Gasteiger partial charge in [-0.25, -0.2) is 14.0 Å². The Balaban J connectivity index is 1.39. The molecule has 1 saturated carbocycles. The number of amides is 3. The minimum Gasteiger partial charge on any atom is -0.475 e. The second-order valence-corrected chi connectivity index (χ2v) is 11.9. The number of aromatic carboxylic acids is 1. The van der Waals surface area contributed by atoms with E-state index < -0.39 is 42.3 Å². The van der Waals surface area contributed by atoms with Crippen LogP contribution in [0.5, 0.6) is 0 Å². The van der Waals surface area contributed by atoms with Gasteiger partial charge in [-0.3, -0.25) is 9.59 Å². The van der Waals surface area contributed by atoms with Crippen molar-refractivity contribution in [2.45, 2.75) is 70.6 Å². The van der Waals surface area contributed by atoms with Gasteiger partial charge < -0.3 is 30.2 Å². The maximum Gasteiger partial charge on any atom is 0.407 e. The number of carboxylic acids is 1. The van der Waals surface area contributed by atoms with Crippen LogP contribution in [0.25, 0.3) is 11.0 Å². The van der Waals surface area contributed by atoms with E-state index in [1.807, 2.05) is 30.3 Å². The summed E-state index contributed by atoms with van der Waals surface area (Å²) in [4.78, 5) is 50.2. The molecule has 0 spiro atoms. The van der Waals surface area contributed by atoms with E-state index in [1.165, 1.54) is 6.07 Å². The molecule has 0 saturated heterocycles. The van der Waals surface area contributed by atoms with Crippen molar-refractivity contribution in [1.29, 1.82) is 0 Å². The van der Waals surface area contributed by atoms with Crippen molar-refractivity contribution in [2.75, 3.05) is 12.0 Å². The van der Waals surface area contributed by atoms with E-state index in [2.05, 4.69) is 16.0 Å². The average molecular weight is 596 g/mol. The average Bonchev–Trinajstić information content (AvgIpc) is 3.39. The van der Waals surface area contributed by atoms with Gasteiger partial charge in [-0.05, 0) is 82.2 Å². The third-order valence-electron chi connectivity index (χ3n) is 7.49. The molecule has 1 aromatic heterocycles. The molecule has 3 aromatic rings. The number of hydrogen-bond donors (Lipinski definition) is 4. The summed E-state index contributed by atoms with van der Waals surface area (Å²) in [7, 11) is 0. The van der Waals surface area contributed by atoms with Crippen molar-refractivity contribution in [1.82, 2.24) is 10.6 Å². The van der Waals surface area contributed by atoms with E-state index >= 15 is 0 Å². The third kappa shape index (κ3) is 8.79. The molecule has 0 unspecified atom stereocenters. The fourth-order valence-corrected chi connectivity index (χ4v) is 5.33. The molecule has 4 rings (SSSR count). The van der Waals surface area contributed by atoms with Gasteiger partial charge in [0, 0.05) is 23.4 Å². The highest BCUT2D eigenvalue weighted by Gasteiger charge is 2.34. The summed E-state index contributed by atoms with van der Waals surface area (Å²) in [6.45, 7) is 4.48. The zero-order valence-electron chi connectivity index (χ0n) is 24.5. The van der Waals surface area contributed by atoms with E-state index in [4.69, 9.17) is 9.15 Å². The molecule has 1 aliphatic carbocycles. The largest absolute Gasteiger partial charge is 0.475 e. The molecule has 230 valence electrons. The number of carbonyl (C=O) groups is 4. The number of alkyl halides is 1. The number of hydrogen-bond acceptors (Lipinski definition) is 6. The molecular weight excluding hydrogens is 557 g/mol. The van der Waals surface area contributed by atoms with E-state index in [0.717, 1.165) is 5.56 Å². The van der Waals surface area contributed by atoms with Gasteiger partial charge in [0.05, 0.1) is 6.04 Å². The van der Waals surface area contributed by atoms with E-state index in [9.17, 15) is 28.7 Å². The number of benzene rings is 2. The summed E-state index contributed by atoms with van der Waals surface area (Å²) >= 11 is 0. The maximum absolute atomic E-state index is 13.8. The van der Waals surface area contributed by atoms with Gasteiger partial charge in [-0.1, -0.05) is 30.3 Å². The second kappa shape index (κ2) is 13.7. The topological polar surface area (TPSA) is 147 Å². The molecule has 0 bridgehead atoms. The smallest absolute Gasteiger partial charge is 0.407 e. The van der Waals surface area contributed by atoms with Crippen LogP contribution in [0.1, 0.15) is 62.6 Å². The molecule has 0 aliphatic heterocycles. The van der Waals surface area contributed by atoms with Crippen LogP contribution in [0.4, 0.5) is 14.9 Å². The lowest BCUT2D eigenvalue weighted by atomic mass is 9.78. The third-order valence-corrected chi connectivity index (χ3v) is 7.49. The summed E-state index contributed by atoms with van der Waals surface area (Å²) in [5.41, 5.74) is 0.968. The number of rotatable bonds is 10. The van der Waals surface area contributed by atoms with Crippen molar-refractivity contribution in [3.8, 4) is 0 Å². The zero-order valence-corrected chi connectivity index (χ0v) is 24.5. The quantitative estimate of drug-likeness (QED) is 0.243. The summed E-state index contributed by atoms with van der Waals surface area (Å²) in [5, 5.41) is 18.1. The number of carbonyl (C=O) groups excluding carboxylic acids is 3. The van der Waals surface area contributed by atoms with Gasteiger partial charge in [0.2, 0.25) is 17.6 Å². The Labute approximate surface area is 249 Å². The number of alkyl carbamates (subject to hydrolysis) is 1. The molecule has 10 nitrogen and oxygen atoms in total. The minimum atomic E-state index is -1.19. The number of ether oxygens (including phenoxy) is 1. The fourth-order valence-electron chi connectivity index (χ4n) is 5.33. The van der Waals surface area contributed by atoms with Crippen LogP contribution in [0, 0.1) is 11.8 Å².